The Kier molecular flexibility index (Phi) is 4.61. The van der Waals surface area contributed by atoms with Crippen LogP contribution in [0.2, 0.25) is 0 Å². The minimum absolute atomic E-state index is 0.369. The first-order chi connectivity index (χ1) is 10.1. The Labute approximate surface area is 123 Å². The van der Waals surface area contributed by atoms with Crippen LogP contribution < -0.4 is 21.5 Å². The number of nitrogens with two attached hydrogens (primary N) is 2. The second-order valence-corrected chi connectivity index (χ2v) is 4.56. The van der Waals surface area contributed by atoms with Crippen LogP contribution >= 0.6 is 0 Å². The summed E-state index contributed by atoms with van der Waals surface area (Å²) in [7, 11) is 0. The largest absolute Gasteiger partial charge is 0.492 e. The van der Waals surface area contributed by atoms with Crippen molar-refractivity contribution in [1.29, 1.82) is 0 Å². The quantitative estimate of drug-likeness (QED) is 0.552. The molecule has 1 heterocycles. The Hall–Kier alpha value is -2.76. The Bertz CT molecular complexity index is 626. The number of pyridine rings is 1. The molecule has 1 amide bonds. The van der Waals surface area contributed by atoms with Gasteiger partial charge in [0, 0.05) is 11.4 Å². The zero-order chi connectivity index (χ0) is 15.2. The lowest BCUT2D eigenvalue weighted by Crippen LogP contribution is -2.18. The molecule has 0 aliphatic heterocycles. The van der Waals surface area contributed by atoms with Crippen LogP contribution in [0.1, 0.15) is 16.1 Å². The highest BCUT2D eigenvalue weighted by Crippen LogP contribution is 2.14. The number of aryl methyl sites for hydroxylation is 1. The minimum Gasteiger partial charge on any atom is -0.492 e. The van der Waals surface area contributed by atoms with Gasteiger partial charge in [0.1, 0.15) is 18.2 Å². The number of hydrogen-bond acceptors (Lipinski definition) is 5. The van der Waals surface area contributed by atoms with Crippen LogP contribution in [0.5, 0.6) is 5.75 Å². The summed E-state index contributed by atoms with van der Waals surface area (Å²) in [4.78, 5) is 15.6. The van der Waals surface area contributed by atoms with Gasteiger partial charge in [-0.15, -0.1) is 0 Å². The van der Waals surface area contributed by atoms with Crippen molar-refractivity contribution in [3.63, 3.8) is 0 Å². The zero-order valence-corrected chi connectivity index (χ0v) is 11.8. The van der Waals surface area contributed by atoms with Crippen molar-refractivity contribution in [2.24, 2.45) is 5.73 Å². The van der Waals surface area contributed by atoms with Gasteiger partial charge in [0.25, 0.3) is 5.91 Å². The molecule has 6 nitrogen and oxygen atoms in total. The molecule has 0 bridgehead atoms. The van der Waals surface area contributed by atoms with E-state index in [1.165, 1.54) is 0 Å². The van der Waals surface area contributed by atoms with Crippen LogP contribution in [0.4, 0.5) is 11.5 Å². The lowest BCUT2D eigenvalue weighted by atomic mass is 10.2. The van der Waals surface area contributed by atoms with E-state index >= 15 is 0 Å². The number of carbonyl (C=O) groups excluding carboxylic acids is 1. The van der Waals surface area contributed by atoms with Crippen molar-refractivity contribution in [1.82, 2.24) is 4.98 Å². The van der Waals surface area contributed by atoms with E-state index in [-0.39, 0.29) is 0 Å². The van der Waals surface area contributed by atoms with Crippen LogP contribution in [0.25, 0.3) is 0 Å². The normalized spacial score (nSPS) is 10.1. The molecule has 0 fully saturated rings. The molecule has 0 atom stereocenters. The number of nitrogen functional groups attached to an aromatic ring is 1. The first kappa shape index (κ1) is 14.6. The number of rotatable bonds is 6. The average Bonchev–Trinajstić information content (AvgIpc) is 2.45. The van der Waals surface area contributed by atoms with Gasteiger partial charge in [-0.25, -0.2) is 4.98 Å². The molecule has 0 saturated carbocycles. The maximum Gasteiger partial charge on any atom is 0.252 e. The molecule has 1 aromatic carbocycles. The predicted octanol–water partition coefficient (Wildman–Crippen LogP) is 1.56. The second-order valence-electron chi connectivity index (χ2n) is 4.56. The topological polar surface area (TPSA) is 103 Å². The smallest absolute Gasteiger partial charge is 0.252 e. The van der Waals surface area contributed by atoms with Crippen molar-refractivity contribution >= 4 is 17.4 Å². The molecule has 2 aromatic rings. The summed E-state index contributed by atoms with van der Waals surface area (Å²) < 4.78 is 5.55. The van der Waals surface area contributed by atoms with Crippen molar-refractivity contribution < 1.29 is 9.53 Å². The minimum atomic E-state index is -0.510. The number of anilines is 2. The fraction of sp³-hybridized carbons (Fsp3) is 0.200. The van der Waals surface area contributed by atoms with E-state index in [0.29, 0.717) is 30.2 Å². The van der Waals surface area contributed by atoms with Crippen LogP contribution in [-0.2, 0) is 0 Å². The molecule has 5 N–H and O–H groups in total. The Balaban J connectivity index is 1.90. The summed E-state index contributed by atoms with van der Waals surface area (Å²) in [5, 5.41) is 3.06. The third-order valence-corrected chi connectivity index (χ3v) is 2.84. The molecule has 0 aliphatic carbocycles. The number of benzene rings is 1. The van der Waals surface area contributed by atoms with E-state index in [1.807, 2.05) is 6.92 Å². The molecule has 1 aromatic heterocycles. The van der Waals surface area contributed by atoms with E-state index in [4.69, 9.17) is 16.2 Å². The van der Waals surface area contributed by atoms with Gasteiger partial charge < -0.3 is 21.5 Å². The summed E-state index contributed by atoms with van der Waals surface area (Å²) in [6, 6.07) is 10.6. The molecule has 110 valence electrons. The van der Waals surface area contributed by atoms with Gasteiger partial charge in [-0.3, -0.25) is 4.79 Å². The molecule has 0 spiro atoms. The van der Waals surface area contributed by atoms with Crippen LogP contribution in [0.15, 0.2) is 36.4 Å². The number of nitrogens with zero attached hydrogens (tertiary/aromatic N) is 1. The average molecular weight is 286 g/mol. The van der Waals surface area contributed by atoms with E-state index in [2.05, 4.69) is 10.3 Å². The molecule has 21 heavy (non-hydrogen) atoms. The third-order valence-electron chi connectivity index (χ3n) is 2.84. The van der Waals surface area contributed by atoms with Crippen molar-refractivity contribution in [3.05, 3.63) is 47.7 Å². The number of nitrogens with one attached hydrogen (secondary N) is 1. The van der Waals surface area contributed by atoms with Crippen molar-refractivity contribution in [2.75, 3.05) is 24.2 Å². The number of hydrogen-bond donors (Lipinski definition) is 3. The molecule has 0 radical (unpaired) electrons. The van der Waals surface area contributed by atoms with E-state index in [9.17, 15) is 4.79 Å². The van der Waals surface area contributed by atoms with E-state index in [1.54, 1.807) is 36.4 Å². The van der Waals surface area contributed by atoms with Gasteiger partial charge in [0.15, 0.2) is 0 Å². The number of amides is 1. The van der Waals surface area contributed by atoms with E-state index < -0.39 is 5.91 Å². The Morgan fingerprint density at radius 1 is 1.24 bits per heavy atom. The van der Waals surface area contributed by atoms with Crippen molar-refractivity contribution in [3.8, 4) is 5.75 Å². The van der Waals surface area contributed by atoms with Crippen LogP contribution in [0, 0.1) is 6.92 Å². The van der Waals surface area contributed by atoms with Gasteiger partial charge >= 0.3 is 0 Å². The summed E-state index contributed by atoms with van der Waals surface area (Å²) >= 11 is 0. The maximum absolute atomic E-state index is 11.3. The fourth-order valence-electron chi connectivity index (χ4n) is 1.79. The van der Waals surface area contributed by atoms with Gasteiger partial charge in [-0.05, 0) is 43.3 Å². The maximum atomic E-state index is 11.3. The van der Waals surface area contributed by atoms with Gasteiger partial charge in [-0.1, -0.05) is 0 Å². The number of primary amides is 1. The van der Waals surface area contributed by atoms with E-state index in [0.717, 1.165) is 11.4 Å². The Morgan fingerprint density at radius 3 is 2.62 bits per heavy atom. The highest BCUT2D eigenvalue weighted by atomic mass is 16.5. The number of ether oxygens (including phenoxy) is 1. The molecule has 2 rings (SSSR count). The van der Waals surface area contributed by atoms with Gasteiger partial charge in [-0.2, -0.15) is 0 Å². The summed E-state index contributed by atoms with van der Waals surface area (Å²) in [6.45, 7) is 2.78. The third kappa shape index (κ3) is 4.10. The highest BCUT2D eigenvalue weighted by molar-refractivity contribution is 5.97. The lowest BCUT2D eigenvalue weighted by Gasteiger charge is -2.11. The zero-order valence-electron chi connectivity index (χ0n) is 11.8. The van der Waals surface area contributed by atoms with Gasteiger partial charge in [0.2, 0.25) is 0 Å². The fourth-order valence-corrected chi connectivity index (χ4v) is 1.79. The molecule has 0 saturated heterocycles. The molecule has 0 aliphatic rings. The SMILES string of the molecule is Cc1ccc(C(N)=O)c(NCCOc2ccc(N)cc2)n1. The molecular weight excluding hydrogens is 268 g/mol. The predicted molar refractivity (Wildman–Crippen MR) is 82.3 cm³/mol. The first-order valence-corrected chi connectivity index (χ1v) is 6.56. The number of carbonyl (C=O) groups is 1. The monoisotopic (exact) mass is 286 g/mol. The van der Waals surface area contributed by atoms with Gasteiger partial charge in [0.05, 0.1) is 12.1 Å². The van der Waals surface area contributed by atoms with Crippen LogP contribution in [0.3, 0.4) is 0 Å². The second kappa shape index (κ2) is 6.60. The summed E-state index contributed by atoms with van der Waals surface area (Å²) in [5.41, 5.74) is 12.8. The standard InChI is InChI=1S/C15H18N4O2/c1-10-2-7-13(14(17)20)15(19-10)18-8-9-21-12-5-3-11(16)4-6-12/h2-7H,8-9,16H2,1H3,(H2,17,20)(H,18,19). The molecular formula is C15H18N4O2. The van der Waals surface area contributed by atoms with Crippen LogP contribution in [-0.4, -0.2) is 24.0 Å². The summed E-state index contributed by atoms with van der Waals surface area (Å²) in [6.07, 6.45) is 0. The summed E-state index contributed by atoms with van der Waals surface area (Å²) in [5.74, 6) is 0.700. The van der Waals surface area contributed by atoms with Crippen molar-refractivity contribution in [2.45, 2.75) is 6.92 Å². The highest BCUT2D eigenvalue weighted by Gasteiger charge is 2.09. The first-order valence-electron chi connectivity index (χ1n) is 6.56. The molecule has 6 heteroatoms. The Morgan fingerprint density at radius 2 is 1.95 bits per heavy atom. The number of aromatic nitrogens is 1. The molecule has 0 unspecified atom stereocenters. The lowest BCUT2D eigenvalue weighted by molar-refractivity contribution is 0.100.